The lowest BCUT2D eigenvalue weighted by atomic mass is 10.0. The van der Waals surface area contributed by atoms with Gasteiger partial charge in [-0.15, -0.1) is 0 Å². The number of pyridine rings is 1. The maximum absolute atomic E-state index is 5.15. The van der Waals surface area contributed by atoms with Gasteiger partial charge >= 0.3 is 0 Å². The molecule has 134 valence electrons. The monoisotopic (exact) mass is 345 g/mol. The van der Waals surface area contributed by atoms with Gasteiger partial charge in [-0.3, -0.25) is 0 Å². The van der Waals surface area contributed by atoms with Crippen LogP contribution in [0.2, 0.25) is 0 Å². The average Bonchev–Trinajstić information content (AvgIpc) is 2.72. The fourth-order valence-electron chi connectivity index (χ4n) is 3.91. The van der Waals surface area contributed by atoms with Gasteiger partial charge in [0.1, 0.15) is 5.82 Å². The van der Waals surface area contributed by atoms with Crippen LogP contribution in [-0.4, -0.2) is 30.7 Å². The average molecular weight is 345 g/mol. The number of unbranched alkanes of at least 4 members (excludes halogenated alkanes) is 1. The summed E-state index contributed by atoms with van der Waals surface area (Å²) in [5.41, 5.74) is 2.28. The van der Waals surface area contributed by atoms with Crippen LogP contribution in [0, 0.1) is 0 Å². The Morgan fingerprint density at radius 1 is 1.08 bits per heavy atom. The maximum Gasteiger partial charge on any atom is 0.130 e. The van der Waals surface area contributed by atoms with Crippen LogP contribution in [0.15, 0.2) is 60.7 Å². The van der Waals surface area contributed by atoms with Crippen molar-refractivity contribution in [2.75, 3.05) is 24.5 Å². The summed E-state index contributed by atoms with van der Waals surface area (Å²) in [6.45, 7) is 5.36. The van der Waals surface area contributed by atoms with Crippen LogP contribution in [0.3, 0.4) is 0 Å². The summed E-state index contributed by atoms with van der Waals surface area (Å²) in [5.74, 6) is 1.12. The summed E-state index contributed by atoms with van der Waals surface area (Å²) in [6, 6.07) is 22.0. The van der Waals surface area contributed by atoms with E-state index in [1.54, 1.807) is 0 Å². The Morgan fingerprint density at radius 2 is 1.88 bits per heavy atom. The van der Waals surface area contributed by atoms with E-state index in [-0.39, 0.29) is 0 Å². The van der Waals surface area contributed by atoms with Crippen molar-refractivity contribution >= 4 is 16.6 Å². The molecule has 4 rings (SSSR count). The summed E-state index contributed by atoms with van der Waals surface area (Å²) >= 11 is 0. The highest BCUT2D eigenvalue weighted by Crippen LogP contribution is 2.31. The smallest absolute Gasteiger partial charge is 0.130 e. The molecule has 0 bridgehead atoms. The van der Waals surface area contributed by atoms with Crippen molar-refractivity contribution in [2.45, 2.75) is 32.2 Å². The predicted molar refractivity (Wildman–Crippen MR) is 111 cm³/mol. The molecular weight excluding hydrogens is 318 g/mol. The Hall–Kier alpha value is -2.39. The summed E-state index contributed by atoms with van der Waals surface area (Å²) in [5, 5.41) is 6.05. The van der Waals surface area contributed by atoms with Gasteiger partial charge in [-0.05, 0) is 17.9 Å². The fourth-order valence-corrected chi connectivity index (χ4v) is 3.91. The quantitative estimate of drug-likeness (QED) is 0.715. The van der Waals surface area contributed by atoms with Crippen molar-refractivity contribution in [1.82, 2.24) is 10.3 Å². The molecule has 1 aliphatic rings. The number of hydrogen-bond acceptors (Lipinski definition) is 3. The first-order chi connectivity index (χ1) is 12.9. The van der Waals surface area contributed by atoms with Crippen molar-refractivity contribution in [3.8, 4) is 11.3 Å². The molecule has 1 unspecified atom stereocenters. The minimum atomic E-state index is 0.529. The van der Waals surface area contributed by atoms with Crippen molar-refractivity contribution in [1.29, 1.82) is 0 Å². The van der Waals surface area contributed by atoms with Crippen LogP contribution in [0.4, 0.5) is 5.82 Å². The molecule has 26 heavy (non-hydrogen) atoms. The van der Waals surface area contributed by atoms with Crippen LogP contribution in [0.5, 0.6) is 0 Å². The first-order valence-electron chi connectivity index (χ1n) is 9.79. The highest BCUT2D eigenvalue weighted by atomic mass is 15.3. The van der Waals surface area contributed by atoms with Gasteiger partial charge in [0.05, 0.1) is 5.69 Å². The van der Waals surface area contributed by atoms with Crippen molar-refractivity contribution in [3.05, 3.63) is 60.7 Å². The first-order valence-corrected chi connectivity index (χ1v) is 9.79. The summed E-state index contributed by atoms with van der Waals surface area (Å²) in [6.07, 6.45) is 3.73. The molecule has 1 N–H and O–H groups in total. The lowest BCUT2D eigenvalue weighted by Crippen LogP contribution is -2.51. The third kappa shape index (κ3) is 3.45. The minimum absolute atomic E-state index is 0.529. The second kappa shape index (κ2) is 7.88. The Kier molecular flexibility index (Phi) is 5.16. The molecule has 2 heterocycles. The molecule has 0 saturated carbocycles. The van der Waals surface area contributed by atoms with Crippen molar-refractivity contribution in [2.24, 2.45) is 0 Å². The molecule has 1 aromatic heterocycles. The highest BCUT2D eigenvalue weighted by Gasteiger charge is 2.24. The molecule has 0 spiro atoms. The maximum atomic E-state index is 5.15. The molecule has 1 fully saturated rings. The summed E-state index contributed by atoms with van der Waals surface area (Å²) < 4.78 is 0. The summed E-state index contributed by atoms with van der Waals surface area (Å²) in [7, 11) is 0. The van der Waals surface area contributed by atoms with E-state index in [2.05, 4.69) is 77.8 Å². The standard InChI is InChI=1S/C23H27N3/c1-2-3-12-20-17-24-14-15-26(20)22-16-19-11-7-8-13-21(19)23(25-22)18-9-5-4-6-10-18/h4-11,13,16,20,24H,2-3,12,14-15,17H2,1H3. The minimum Gasteiger partial charge on any atom is -0.351 e. The van der Waals surface area contributed by atoms with E-state index in [4.69, 9.17) is 4.98 Å². The van der Waals surface area contributed by atoms with Gasteiger partial charge in [-0.25, -0.2) is 4.98 Å². The van der Waals surface area contributed by atoms with E-state index in [0.717, 1.165) is 31.1 Å². The molecule has 3 nitrogen and oxygen atoms in total. The number of hydrogen-bond donors (Lipinski definition) is 1. The highest BCUT2D eigenvalue weighted by molar-refractivity contribution is 5.96. The van der Waals surface area contributed by atoms with E-state index in [9.17, 15) is 0 Å². The van der Waals surface area contributed by atoms with Crippen LogP contribution >= 0.6 is 0 Å². The Bertz CT molecular complexity index is 860. The zero-order valence-corrected chi connectivity index (χ0v) is 15.5. The van der Waals surface area contributed by atoms with Gasteiger partial charge < -0.3 is 10.2 Å². The number of anilines is 1. The zero-order valence-electron chi connectivity index (χ0n) is 15.5. The predicted octanol–water partition coefficient (Wildman–Crippen LogP) is 4.87. The van der Waals surface area contributed by atoms with E-state index in [1.165, 1.54) is 35.6 Å². The Labute approximate surface area is 156 Å². The van der Waals surface area contributed by atoms with E-state index in [1.807, 2.05) is 0 Å². The number of aromatic nitrogens is 1. The lowest BCUT2D eigenvalue weighted by molar-refractivity contribution is 0.440. The number of rotatable bonds is 5. The lowest BCUT2D eigenvalue weighted by Gasteiger charge is -2.37. The van der Waals surface area contributed by atoms with E-state index in [0.29, 0.717) is 6.04 Å². The van der Waals surface area contributed by atoms with Crippen LogP contribution in [0.1, 0.15) is 26.2 Å². The van der Waals surface area contributed by atoms with E-state index < -0.39 is 0 Å². The molecule has 1 saturated heterocycles. The third-order valence-corrected chi connectivity index (χ3v) is 5.31. The van der Waals surface area contributed by atoms with Gasteiger partial charge in [-0.2, -0.15) is 0 Å². The van der Waals surface area contributed by atoms with Gasteiger partial charge in [0.25, 0.3) is 0 Å². The second-order valence-electron chi connectivity index (χ2n) is 7.11. The third-order valence-electron chi connectivity index (χ3n) is 5.31. The summed E-state index contributed by atoms with van der Waals surface area (Å²) in [4.78, 5) is 7.67. The van der Waals surface area contributed by atoms with Crippen molar-refractivity contribution < 1.29 is 0 Å². The molecule has 1 atom stereocenters. The number of benzene rings is 2. The molecule has 0 radical (unpaired) electrons. The Morgan fingerprint density at radius 3 is 2.73 bits per heavy atom. The van der Waals surface area contributed by atoms with Crippen LogP contribution in [-0.2, 0) is 0 Å². The molecule has 0 aliphatic carbocycles. The Balaban J connectivity index is 1.80. The van der Waals surface area contributed by atoms with Crippen LogP contribution in [0.25, 0.3) is 22.0 Å². The molecule has 3 heteroatoms. The second-order valence-corrected chi connectivity index (χ2v) is 7.11. The number of nitrogens with one attached hydrogen (secondary N) is 1. The molecule has 1 aliphatic heterocycles. The molecule has 2 aromatic carbocycles. The first kappa shape index (κ1) is 17.0. The van der Waals surface area contributed by atoms with E-state index >= 15 is 0 Å². The topological polar surface area (TPSA) is 28.2 Å². The molecule has 3 aromatic rings. The number of fused-ring (bicyclic) bond motifs is 1. The van der Waals surface area contributed by atoms with Crippen LogP contribution < -0.4 is 10.2 Å². The van der Waals surface area contributed by atoms with Gasteiger partial charge in [0, 0.05) is 36.6 Å². The van der Waals surface area contributed by atoms with Gasteiger partial charge in [-0.1, -0.05) is 74.4 Å². The largest absolute Gasteiger partial charge is 0.351 e. The fraction of sp³-hybridized carbons (Fsp3) is 0.348. The normalized spacial score (nSPS) is 17.6. The number of piperazine rings is 1. The zero-order chi connectivity index (χ0) is 17.8. The van der Waals surface area contributed by atoms with Gasteiger partial charge in [0.15, 0.2) is 0 Å². The number of nitrogens with zero attached hydrogens (tertiary/aromatic N) is 2. The molecular formula is C23H27N3. The molecule has 0 amide bonds. The SMILES string of the molecule is CCCCC1CNCCN1c1cc2ccccc2c(-c2ccccc2)n1. The van der Waals surface area contributed by atoms with Gasteiger partial charge in [0.2, 0.25) is 0 Å². The van der Waals surface area contributed by atoms with Crippen molar-refractivity contribution in [3.63, 3.8) is 0 Å².